The van der Waals surface area contributed by atoms with Crippen molar-refractivity contribution < 1.29 is 14.2 Å². The molecular formula is C13H20FNO2. The zero-order chi connectivity index (χ0) is 12.8. The van der Waals surface area contributed by atoms with Crippen LogP contribution in [0.1, 0.15) is 31.9 Å². The summed E-state index contributed by atoms with van der Waals surface area (Å²) in [6.45, 7) is 4.61. The van der Waals surface area contributed by atoms with Crippen LogP contribution in [0.5, 0.6) is 5.75 Å². The van der Waals surface area contributed by atoms with Gasteiger partial charge in [-0.15, -0.1) is 0 Å². The molecule has 0 bridgehead atoms. The highest BCUT2D eigenvalue weighted by molar-refractivity contribution is 5.34. The molecule has 0 heterocycles. The van der Waals surface area contributed by atoms with Crippen molar-refractivity contribution in [3.8, 4) is 5.75 Å². The number of aromatic hydroxyl groups is 1. The van der Waals surface area contributed by atoms with Gasteiger partial charge in [-0.2, -0.15) is 0 Å². The van der Waals surface area contributed by atoms with E-state index in [9.17, 15) is 9.50 Å². The Balaban J connectivity index is 2.62. The van der Waals surface area contributed by atoms with Crippen LogP contribution >= 0.6 is 0 Å². The van der Waals surface area contributed by atoms with Crippen LogP contribution in [0.15, 0.2) is 18.2 Å². The molecule has 1 rings (SSSR count). The number of benzene rings is 1. The van der Waals surface area contributed by atoms with Gasteiger partial charge in [0.15, 0.2) is 0 Å². The van der Waals surface area contributed by atoms with Crippen molar-refractivity contribution in [3.63, 3.8) is 0 Å². The highest BCUT2D eigenvalue weighted by Gasteiger charge is 2.13. The predicted molar refractivity (Wildman–Crippen MR) is 65.6 cm³/mol. The maximum atomic E-state index is 13.1. The molecule has 2 unspecified atom stereocenters. The molecule has 0 spiro atoms. The second-order valence-corrected chi connectivity index (χ2v) is 4.27. The molecule has 0 amide bonds. The molecule has 2 N–H and O–H groups in total. The lowest BCUT2D eigenvalue weighted by molar-refractivity contribution is 0.183. The number of rotatable bonds is 6. The number of halogens is 1. The molecule has 1 aromatic carbocycles. The van der Waals surface area contributed by atoms with Gasteiger partial charge in [0.05, 0.1) is 0 Å². The molecule has 0 radical (unpaired) electrons. The first-order chi connectivity index (χ1) is 8.04. The Kier molecular flexibility index (Phi) is 5.38. The molecule has 0 saturated heterocycles. The molecule has 96 valence electrons. The van der Waals surface area contributed by atoms with E-state index >= 15 is 0 Å². The van der Waals surface area contributed by atoms with Crippen molar-refractivity contribution >= 4 is 0 Å². The van der Waals surface area contributed by atoms with Gasteiger partial charge in [0.1, 0.15) is 11.6 Å². The van der Waals surface area contributed by atoms with E-state index in [1.165, 1.54) is 18.2 Å². The van der Waals surface area contributed by atoms with Crippen LogP contribution in [0.25, 0.3) is 0 Å². The SMILES string of the molecule is COCCC(C)NC(C)c1cc(F)ccc1O. The summed E-state index contributed by atoms with van der Waals surface area (Å²) in [5.74, 6) is -0.221. The van der Waals surface area contributed by atoms with E-state index in [0.717, 1.165) is 6.42 Å². The van der Waals surface area contributed by atoms with Gasteiger partial charge in [0, 0.05) is 31.4 Å². The van der Waals surface area contributed by atoms with Gasteiger partial charge >= 0.3 is 0 Å². The van der Waals surface area contributed by atoms with Crippen molar-refractivity contribution in [3.05, 3.63) is 29.6 Å². The van der Waals surface area contributed by atoms with E-state index in [1.807, 2.05) is 13.8 Å². The van der Waals surface area contributed by atoms with E-state index < -0.39 is 0 Å². The molecule has 0 fully saturated rings. The number of nitrogens with one attached hydrogen (secondary N) is 1. The fraction of sp³-hybridized carbons (Fsp3) is 0.538. The molecule has 3 nitrogen and oxygen atoms in total. The average molecular weight is 241 g/mol. The molecule has 0 aromatic heterocycles. The summed E-state index contributed by atoms with van der Waals surface area (Å²) < 4.78 is 18.1. The Labute approximate surface area is 102 Å². The molecule has 0 saturated carbocycles. The van der Waals surface area contributed by atoms with Crippen LogP contribution in [0, 0.1) is 5.82 Å². The average Bonchev–Trinajstić information content (AvgIpc) is 2.29. The normalized spacial score (nSPS) is 14.6. The number of phenols is 1. The van der Waals surface area contributed by atoms with Crippen molar-refractivity contribution in [2.75, 3.05) is 13.7 Å². The number of ether oxygens (including phenoxy) is 1. The quantitative estimate of drug-likeness (QED) is 0.804. The molecule has 0 aliphatic rings. The molecule has 2 atom stereocenters. The fourth-order valence-corrected chi connectivity index (χ4v) is 1.77. The molecular weight excluding hydrogens is 221 g/mol. The minimum absolute atomic E-state index is 0.0995. The van der Waals surface area contributed by atoms with E-state index in [2.05, 4.69) is 5.32 Å². The van der Waals surface area contributed by atoms with Crippen LogP contribution in [0.4, 0.5) is 4.39 Å². The maximum absolute atomic E-state index is 13.1. The largest absolute Gasteiger partial charge is 0.508 e. The summed E-state index contributed by atoms with van der Waals surface area (Å²) in [5, 5.41) is 13.0. The predicted octanol–water partition coefficient (Wildman–Crippen LogP) is 2.61. The third-order valence-electron chi connectivity index (χ3n) is 2.75. The van der Waals surface area contributed by atoms with E-state index in [0.29, 0.717) is 12.2 Å². The monoisotopic (exact) mass is 241 g/mol. The van der Waals surface area contributed by atoms with Crippen LogP contribution in [-0.4, -0.2) is 24.9 Å². The summed E-state index contributed by atoms with van der Waals surface area (Å²) in [4.78, 5) is 0. The topological polar surface area (TPSA) is 41.5 Å². The summed E-state index contributed by atoms with van der Waals surface area (Å²) in [5.41, 5.74) is 0.578. The standard InChI is InChI=1S/C13H20FNO2/c1-9(6-7-17-3)15-10(2)12-8-11(14)4-5-13(12)16/h4-5,8-10,15-16H,6-7H2,1-3H3. The van der Waals surface area contributed by atoms with Crippen LogP contribution < -0.4 is 5.32 Å². The lowest BCUT2D eigenvalue weighted by Gasteiger charge is -2.21. The van der Waals surface area contributed by atoms with Gasteiger partial charge in [0.2, 0.25) is 0 Å². The first-order valence-electron chi connectivity index (χ1n) is 5.78. The van der Waals surface area contributed by atoms with Crippen LogP contribution in [0.3, 0.4) is 0 Å². The highest BCUT2D eigenvalue weighted by Crippen LogP contribution is 2.25. The maximum Gasteiger partial charge on any atom is 0.123 e. The van der Waals surface area contributed by atoms with Crippen LogP contribution in [0.2, 0.25) is 0 Å². The Morgan fingerprint density at radius 3 is 2.76 bits per heavy atom. The Bertz CT molecular complexity index is 357. The van der Waals surface area contributed by atoms with E-state index in [1.54, 1.807) is 7.11 Å². The summed E-state index contributed by atoms with van der Waals surface area (Å²) >= 11 is 0. The lowest BCUT2D eigenvalue weighted by Crippen LogP contribution is -2.30. The Morgan fingerprint density at radius 1 is 1.41 bits per heavy atom. The van der Waals surface area contributed by atoms with Gasteiger partial charge in [0.25, 0.3) is 0 Å². The highest BCUT2D eigenvalue weighted by atomic mass is 19.1. The minimum atomic E-state index is -0.337. The molecule has 4 heteroatoms. The number of hydrogen-bond acceptors (Lipinski definition) is 3. The first kappa shape index (κ1) is 13.9. The number of hydrogen-bond donors (Lipinski definition) is 2. The summed E-state index contributed by atoms with van der Waals surface area (Å²) in [6.07, 6.45) is 0.872. The molecule has 0 aliphatic heterocycles. The van der Waals surface area contributed by atoms with Gasteiger partial charge in [-0.25, -0.2) is 4.39 Å². The van der Waals surface area contributed by atoms with Gasteiger partial charge in [-0.05, 0) is 38.5 Å². The van der Waals surface area contributed by atoms with Gasteiger partial charge in [-0.3, -0.25) is 0 Å². The smallest absolute Gasteiger partial charge is 0.123 e. The van der Waals surface area contributed by atoms with Gasteiger partial charge in [-0.1, -0.05) is 0 Å². The van der Waals surface area contributed by atoms with Crippen LogP contribution in [-0.2, 0) is 4.74 Å². The van der Waals surface area contributed by atoms with E-state index in [4.69, 9.17) is 4.74 Å². The van der Waals surface area contributed by atoms with Crippen molar-refractivity contribution in [2.45, 2.75) is 32.4 Å². The molecule has 17 heavy (non-hydrogen) atoms. The number of phenolic OH excluding ortho intramolecular Hbond substituents is 1. The molecule has 1 aromatic rings. The van der Waals surface area contributed by atoms with E-state index in [-0.39, 0.29) is 23.7 Å². The lowest BCUT2D eigenvalue weighted by atomic mass is 10.1. The van der Waals surface area contributed by atoms with Gasteiger partial charge < -0.3 is 15.2 Å². The second-order valence-electron chi connectivity index (χ2n) is 4.27. The molecule has 0 aliphatic carbocycles. The van der Waals surface area contributed by atoms with Crippen molar-refractivity contribution in [2.24, 2.45) is 0 Å². The third-order valence-corrected chi connectivity index (χ3v) is 2.75. The summed E-state index contributed by atoms with van der Waals surface area (Å²) in [7, 11) is 1.66. The van der Waals surface area contributed by atoms with Crippen molar-refractivity contribution in [1.82, 2.24) is 5.32 Å². The van der Waals surface area contributed by atoms with Crippen molar-refractivity contribution in [1.29, 1.82) is 0 Å². The zero-order valence-electron chi connectivity index (χ0n) is 10.5. The minimum Gasteiger partial charge on any atom is -0.508 e. The Hall–Kier alpha value is -1.13. The third kappa shape index (κ3) is 4.32. The number of methoxy groups -OCH3 is 1. The Morgan fingerprint density at radius 2 is 2.12 bits per heavy atom. The fourth-order valence-electron chi connectivity index (χ4n) is 1.77. The second kappa shape index (κ2) is 6.57. The summed E-state index contributed by atoms with van der Waals surface area (Å²) in [6, 6.07) is 4.13. The zero-order valence-corrected chi connectivity index (χ0v) is 10.5. The first-order valence-corrected chi connectivity index (χ1v) is 5.78.